The zero-order valence-electron chi connectivity index (χ0n) is 17.6. The van der Waals surface area contributed by atoms with Gasteiger partial charge in [0.05, 0.1) is 24.5 Å². The lowest BCUT2D eigenvalue weighted by Gasteiger charge is -2.21. The minimum absolute atomic E-state index is 0.109. The number of esters is 1. The van der Waals surface area contributed by atoms with Gasteiger partial charge in [0.2, 0.25) is 5.91 Å². The van der Waals surface area contributed by atoms with E-state index in [1.54, 1.807) is 12.3 Å². The van der Waals surface area contributed by atoms with E-state index < -0.39 is 0 Å². The van der Waals surface area contributed by atoms with Crippen LogP contribution in [0.1, 0.15) is 57.5 Å². The zero-order chi connectivity index (χ0) is 21.3. The number of thiazole rings is 1. The summed E-state index contributed by atoms with van der Waals surface area (Å²) in [5.74, 6) is 1.48. The van der Waals surface area contributed by atoms with Gasteiger partial charge in [0.1, 0.15) is 5.82 Å². The minimum Gasteiger partial charge on any atom is -0.466 e. The van der Waals surface area contributed by atoms with Crippen LogP contribution in [-0.4, -0.2) is 44.0 Å². The van der Waals surface area contributed by atoms with Crippen molar-refractivity contribution in [2.75, 3.05) is 17.7 Å². The number of rotatable bonds is 10. The van der Waals surface area contributed by atoms with Crippen molar-refractivity contribution >= 4 is 40.1 Å². The molecule has 164 valence electrons. The largest absolute Gasteiger partial charge is 0.466 e. The number of ether oxygens (including phenoxy) is 1. The summed E-state index contributed by atoms with van der Waals surface area (Å²) in [6.45, 7) is 4.98. The van der Waals surface area contributed by atoms with Crippen LogP contribution in [-0.2, 0) is 33.7 Å². The lowest BCUT2D eigenvalue weighted by atomic mass is 9.87. The second kappa shape index (κ2) is 11.5. The fourth-order valence-electron chi connectivity index (χ4n) is 3.63. The Bertz CT molecular complexity index is 845. The van der Waals surface area contributed by atoms with E-state index in [1.807, 2.05) is 0 Å². The fraction of sp³-hybridized carbons (Fsp3) is 0.650. The molecule has 0 aliphatic heterocycles. The molecular weight excluding hydrogens is 422 g/mol. The SMILES string of the molecule is CCOC(=O)Cc1csc(NC(=O)CSc2nnc(CC3CCCCC3)n2CC)n1. The third-order valence-corrected chi connectivity index (χ3v) is 6.84. The first-order valence-electron chi connectivity index (χ1n) is 10.5. The number of hydrogen-bond acceptors (Lipinski definition) is 8. The van der Waals surface area contributed by atoms with Crippen LogP contribution in [0, 0.1) is 5.92 Å². The molecule has 1 amide bonds. The molecule has 3 rings (SSSR count). The number of hydrogen-bond donors (Lipinski definition) is 1. The first kappa shape index (κ1) is 22.7. The third kappa shape index (κ3) is 6.53. The Morgan fingerprint density at radius 3 is 2.80 bits per heavy atom. The van der Waals surface area contributed by atoms with Crippen LogP contribution in [0.3, 0.4) is 0 Å². The second-order valence-electron chi connectivity index (χ2n) is 7.31. The summed E-state index contributed by atoms with van der Waals surface area (Å²) in [5.41, 5.74) is 0.597. The average molecular weight is 452 g/mol. The van der Waals surface area contributed by atoms with Crippen LogP contribution in [0.2, 0.25) is 0 Å². The summed E-state index contributed by atoms with van der Waals surface area (Å²) in [6.07, 6.45) is 7.58. The monoisotopic (exact) mass is 451 g/mol. The van der Waals surface area contributed by atoms with Gasteiger partial charge in [-0.25, -0.2) is 4.98 Å². The maximum atomic E-state index is 12.3. The Morgan fingerprint density at radius 2 is 2.07 bits per heavy atom. The fourth-order valence-corrected chi connectivity index (χ4v) is 5.18. The van der Waals surface area contributed by atoms with Gasteiger partial charge in [-0.15, -0.1) is 21.5 Å². The van der Waals surface area contributed by atoms with Crippen molar-refractivity contribution < 1.29 is 14.3 Å². The van der Waals surface area contributed by atoms with Gasteiger partial charge in [0, 0.05) is 18.3 Å². The van der Waals surface area contributed by atoms with E-state index in [2.05, 4.69) is 32.0 Å². The first-order chi connectivity index (χ1) is 14.6. The van der Waals surface area contributed by atoms with E-state index in [0.29, 0.717) is 23.4 Å². The van der Waals surface area contributed by atoms with Crippen molar-refractivity contribution in [3.05, 3.63) is 16.9 Å². The van der Waals surface area contributed by atoms with Gasteiger partial charge < -0.3 is 14.6 Å². The summed E-state index contributed by atoms with van der Waals surface area (Å²) in [5, 5.41) is 14.5. The number of nitrogens with zero attached hydrogens (tertiary/aromatic N) is 4. The van der Waals surface area contributed by atoms with Crippen molar-refractivity contribution in [1.82, 2.24) is 19.7 Å². The van der Waals surface area contributed by atoms with Crippen LogP contribution >= 0.6 is 23.1 Å². The second-order valence-corrected chi connectivity index (χ2v) is 9.11. The molecule has 30 heavy (non-hydrogen) atoms. The minimum atomic E-state index is -0.320. The summed E-state index contributed by atoms with van der Waals surface area (Å²) in [7, 11) is 0. The molecule has 0 unspecified atom stereocenters. The summed E-state index contributed by atoms with van der Waals surface area (Å²) >= 11 is 2.68. The predicted octanol–water partition coefficient (Wildman–Crippen LogP) is 3.71. The topological polar surface area (TPSA) is 99.0 Å². The molecule has 1 fully saturated rings. The third-order valence-electron chi connectivity index (χ3n) is 5.07. The van der Waals surface area contributed by atoms with E-state index in [-0.39, 0.29) is 24.1 Å². The van der Waals surface area contributed by atoms with Crippen molar-refractivity contribution in [3.8, 4) is 0 Å². The van der Waals surface area contributed by atoms with Crippen molar-refractivity contribution in [1.29, 1.82) is 0 Å². The van der Waals surface area contributed by atoms with Crippen LogP contribution in [0.25, 0.3) is 0 Å². The Morgan fingerprint density at radius 1 is 1.27 bits per heavy atom. The van der Waals surface area contributed by atoms with Crippen molar-refractivity contribution in [2.24, 2.45) is 5.92 Å². The lowest BCUT2D eigenvalue weighted by molar-refractivity contribution is -0.142. The van der Waals surface area contributed by atoms with Gasteiger partial charge in [0.15, 0.2) is 10.3 Å². The molecule has 0 bridgehead atoms. The quantitative estimate of drug-likeness (QED) is 0.434. The predicted molar refractivity (Wildman–Crippen MR) is 118 cm³/mol. The smallest absolute Gasteiger partial charge is 0.311 e. The molecule has 0 radical (unpaired) electrons. The molecule has 0 spiro atoms. The van der Waals surface area contributed by atoms with Gasteiger partial charge in [-0.05, 0) is 19.8 Å². The molecule has 8 nitrogen and oxygen atoms in total. The molecule has 2 aromatic heterocycles. The zero-order valence-corrected chi connectivity index (χ0v) is 19.2. The highest BCUT2D eigenvalue weighted by atomic mass is 32.2. The highest BCUT2D eigenvalue weighted by Crippen LogP contribution is 2.27. The van der Waals surface area contributed by atoms with E-state index >= 15 is 0 Å². The molecule has 1 aliphatic rings. The Labute approximate surface area is 185 Å². The molecule has 0 atom stereocenters. The molecule has 1 aliphatic carbocycles. The van der Waals surface area contributed by atoms with Crippen LogP contribution in [0.4, 0.5) is 5.13 Å². The Balaban J connectivity index is 1.49. The molecule has 1 saturated carbocycles. The molecule has 0 aromatic carbocycles. The average Bonchev–Trinajstić information content (AvgIpc) is 3.33. The highest BCUT2D eigenvalue weighted by Gasteiger charge is 2.19. The molecule has 2 heterocycles. The number of carbonyl (C=O) groups excluding carboxylic acids is 2. The van der Waals surface area contributed by atoms with Crippen molar-refractivity contribution in [2.45, 2.75) is 70.5 Å². The first-order valence-corrected chi connectivity index (χ1v) is 12.4. The molecule has 2 aromatic rings. The Kier molecular flexibility index (Phi) is 8.68. The van der Waals surface area contributed by atoms with Crippen LogP contribution in [0.5, 0.6) is 0 Å². The number of nitrogens with one attached hydrogen (secondary N) is 1. The number of thioether (sulfide) groups is 1. The summed E-state index contributed by atoms with van der Waals surface area (Å²) in [4.78, 5) is 28.1. The van der Waals surface area contributed by atoms with E-state index in [1.165, 1.54) is 55.2 Å². The number of carbonyl (C=O) groups is 2. The molecular formula is C20H29N5O3S2. The normalized spacial score (nSPS) is 14.6. The number of anilines is 1. The molecule has 0 saturated heterocycles. The van der Waals surface area contributed by atoms with Crippen molar-refractivity contribution in [3.63, 3.8) is 0 Å². The number of amides is 1. The molecule has 1 N–H and O–H groups in total. The lowest BCUT2D eigenvalue weighted by Crippen LogP contribution is -2.15. The standard InChI is InChI=1S/C20H29N5O3S2/c1-3-25-16(10-14-8-6-5-7-9-14)23-24-20(25)30-13-17(26)22-19-21-15(12-29-19)11-18(27)28-4-2/h12,14H,3-11,13H2,1-2H3,(H,21,22,26). The maximum absolute atomic E-state index is 12.3. The van der Waals surface area contributed by atoms with Gasteiger partial charge in [0.25, 0.3) is 0 Å². The maximum Gasteiger partial charge on any atom is 0.311 e. The molecule has 10 heteroatoms. The Hall–Kier alpha value is -1.94. The van der Waals surface area contributed by atoms with Crippen LogP contribution < -0.4 is 5.32 Å². The van der Waals surface area contributed by atoms with E-state index in [4.69, 9.17) is 4.74 Å². The van der Waals surface area contributed by atoms with Gasteiger partial charge in [-0.1, -0.05) is 43.9 Å². The van der Waals surface area contributed by atoms with Gasteiger partial charge in [-0.3, -0.25) is 9.59 Å². The number of aromatic nitrogens is 4. The van der Waals surface area contributed by atoms with Gasteiger partial charge in [-0.2, -0.15) is 0 Å². The summed E-state index contributed by atoms with van der Waals surface area (Å²) in [6, 6.07) is 0. The van der Waals surface area contributed by atoms with Gasteiger partial charge >= 0.3 is 5.97 Å². The van der Waals surface area contributed by atoms with E-state index in [9.17, 15) is 9.59 Å². The highest BCUT2D eigenvalue weighted by molar-refractivity contribution is 7.99. The van der Waals surface area contributed by atoms with E-state index in [0.717, 1.165) is 23.9 Å². The van der Waals surface area contributed by atoms with Crippen LogP contribution in [0.15, 0.2) is 10.5 Å². The summed E-state index contributed by atoms with van der Waals surface area (Å²) < 4.78 is 7.03.